The molecule has 0 bridgehead atoms. The molecule has 1 rings (SSSR count). The van der Waals surface area contributed by atoms with Crippen LogP contribution in [0.5, 0.6) is 0 Å². The van der Waals surface area contributed by atoms with E-state index in [0.29, 0.717) is 11.5 Å². The van der Waals surface area contributed by atoms with Crippen molar-refractivity contribution in [3.63, 3.8) is 0 Å². The number of rotatable bonds is 3. The third-order valence-electron chi connectivity index (χ3n) is 4.07. The van der Waals surface area contributed by atoms with E-state index >= 15 is 0 Å². The molecule has 2 unspecified atom stereocenters. The molecule has 102 valence electrons. The van der Waals surface area contributed by atoms with Crippen LogP contribution < -0.4 is 5.32 Å². The number of hydrogen-bond donors (Lipinski definition) is 1. The van der Waals surface area contributed by atoms with Crippen molar-refractivity contribution in [2.75, 3.05) is 0 Å². The minimum absolute atomic E-state index is 0.253. The molecule has 0 radical (unpaired) electrons. The Morgan fingerprint density at radius 2 is 1.41 bits per heavy atom. The lowest BCUT2D eigenvalue weighted by Crippen LogP contribution is -2.53. The summed E-state index contributed by atoms with van der Waals surface area (Å²) in [4.78, 5) is 0. The van der Waals surface area contributed by atoms with Gasteiger partial charge in [0.2, 0.25) is 0 Å². The smallest absolute Gasteiger partial charge is 0.0132 e. The van der Waals surface area contributed by atoms with E-state index in [9.17, 15) is 0 Å². The molecule has 0 aromatic heterocycles. The first-order chi connectivity index (χ1) is 7.61. The van der Waals surface area contributed by atoms with Crippen LogP contribution in [0.4, 0.5) is 0 Å². The van der Waals surface area contributed by atoms with Crippen molar-refractivity contribution in [1.82, 2.24) is 5.32 Å². The Hall–Kier alpha value is -0.0400. The Labute approximate surface area is 109 Å². The molecule has 0 aliphatic heterocycles. The monoisotopic (exact) mass is 239 g/mol. The molecule has 1 aliphatic carbocycles. The van der Waals surface area contributed by atoms with E-state index in [4.69, 9.17) is 0 Å². The van der Waals surface area contributed by atoms with Gasteiger partial charge < -0.3 is 5.32 Å². The molecule has 1 N–H and O–H groups in total. The molecule has 1 saturated carbocycles. The van der Waals surface area contributed by atoms with Gasteiger partial charge >= 0.3 is 0 Å². The first kappa shape index (κ1) is 15.0. The van der Waals surface area contributed by atoms with E-state index in [0.717, 1.165) is 11.8 Å². The van der Waals surface area contributed by atoms with Gasteiger partial charge in [0.05, 0.1) is 0 Å². The molecule has 1 nitrogen and oxygen atoms in total. The number of hydrogen-bond acceptors (Lipinski definition) is 1. The van der Waals surface area contributed by atoms with Crippen molar-refractivity contribution in [3.05, 3.63) is 0 Å². The van der Waals surface area contributed by atoms with Gasteiger partial charge in [-0.2, -0.15) is 0 Å². The fourth-order valence-electron chi connectivity index (χ4n) is 3.79. The van der Waals surface area contributed by atoms with Crippen LogP contribution in [0.15, 0.2) is 0 Å². The molecule has 0 amide bonds. The van der Waals surface area contributed by atoms with E-state index < -0.39 is 0 Å². The Bertz CT molecular complexity index is 226. The predicted molar refractivity (Wildman–Crippen MR) is 77.3 cm³/mol. The second-order valence-electron chi connectivity index (χ2n) is 8.18. The van der Waals surface area contributed by atoms with Crippen LogP contribution >= 0.6 is 0 Å². The summed E-state index contributed by atoms with van der Waals surface area (Å²) in [6.07, 6.45) is 5.44. The third kappa shape index (κ3) is 4.99. The van der Waals surface area contributed by atoms with Crippen molar-refractivity contribution < 1.29 is 0 Å². The van der Waals surface area contributed by atoms with Gasteiger partial charge in [0.15, 0.2) is 0 Å². The normalized spacial score (nSPS) is 31.6. The van der Waals surface area contributed by atoms with Crippen molar-refractivity contribution in [3.8, 4) is 0 Å². The van der Waals surface area contributed by atoms with E-state index in [-0.39, 0.29) is 5.54 Å². The highest BCUT2D eigenvalue weighted by molar-refractivity contribution is 4.91. The highest BCUT2D eigenvalue weighted by atomic mass is 15.0. The van der Waals surface area contributed by atoms with Gasteiger partial charge in [-0.15, -0.1) is 0 Å². The summed E-state index contributed by atoms with van der Waals surface area (Å²) in [5, 5.41) is 3.95. The fraction of sp³-hybridized carbons (Fsp3) is 1.00. The topological polar surface area (TPSA) is 12.0 Å². The summed E-state index contributed by atoms with van der Waals surface area (Å²) in [6.45, 7) is 16.6. The quantitative estimate of drug-likeness (QED) is 0.758. The maximum absolute atomic E-state index is 3.95. The third-order valence-corrected chi connectivity index (χ3v) is 4.07. The summed E-state index contributed by atoms with van der Waals surface area (Å²) in [5.41, 5.74) is 0.653. The molecular weight excluding hydrogens is 206 g/mol. The molecule has 1 aliphatic rings. The summed E-state index contributed by atoms with van der Waals surface area (Å²) >= 11 is 0. The molecule has 1 fully saturated rings. The standard InChI is InChI=1S/C16H33N/c1-12-9-8-10-13(2)14(12)17-16(6,7)11-15(3,4)5/h12-14,17H,8-11H2,1-7H3. The molecule has 0 spiro atoms. The van der Waals surface area contributed by atoms with Gasteiger partial charge in [-0.05, 0) is 50.4 Å². The first-order valence-electron chi connectivity index (χ1n) is 7.38. The Kier molecular flexibility index (Phi) is 4.68. The van der Waals surface area contributed by atoms with Crippen molar-refractivity contribution >= 4 is 0 Å². The lowest BCUT2D eigenvalue weighted by molar-refractivity contribution is 0.140. The Morgan fingerprint density at radius 1 is 0.941 bits per heavy atom. The number of nitrogens with one attached hydrogen (secondary N) is 1. The molecule has 2 atom stereocenters. The highest BCUT2D eigenvalue weighted by Gasteiger charge is 2.33. The van der Waals surface area contributed by atoms with Gasteiger partial charge in [0, 0.05) is 11.6 Å². The molecule has 1 heteroatoms. The molecule has 0 aromatic carbocycles. The molecule has 0 aromatic rings. The van der Waals surface area contributed by atoms with Gasteiger partial charge in [0.1, 0.15) is 0 Å². The van der Waals surface area contributed by atoms with E-state index in [1.165, 1.54) is 25.7 Å². The van der Waals surface area contributed by atoms with Crippen LogP contribution in [-0.4, -0.2) is 11.6 Å². The summed E-state index contributed by atoms with van der Waals surface area (Å²) in [6, 6.07) is 0.709. The Balaban J connectivity index is 2.61. The zero-order chi connectivity index (χ0) is 13.3. The van der Waals surface area contributed by atoms with Crippen molar-refractivity contribution in [1.29, 1.82) is 0 Å². The SMILES string of the molecule is CC1CCCC(C)C1NC(C)(C)CC(C)(C)C. The van der Waals surface area contributed by atoms with Crippen LogP contribution in [0.2, 0.25) is 0 Å². The van der Waals surface area contributed by atoms with Crippen LogP contribution in [0, 0.1) is 17.3 Å². The van der Waals surface area contributed by atoms with Crippen molar-refractivity contribution in [2.45, 2.75) is 85.7 Å². The minimum Gasteiger partial charge on any atom is -0.308 e. The zero-order valence-corrected chi connectivity index (χ0v) is 13.1. The summed E-state index contributed by atoms with van der Waals surface area (Å²) < 4.78 is 0. The van der Waals surface area contributed by atoms with Crippen LogP contribution in [0.3, 0.4) is 0 Å². The summed E-state index contributed by atoms with van der Waals surface area (Å²) in [5.74, 6) is 1.66. The second kappa shape index (κ2) is 5.30. The average molecular weight is 239 g/mol. The van der Waals surface area contributed by atoms with Crippen molar-refractivity contribution in [2.24, 2.45) is 17.3 Å². The average Bonchev–Trinajstić information content (AvgIpc) is 2.07. The van der Waals surface area contributed by atoms with E-state index in [1.807, 2.05) is 0 Å². The largest absolute Gasteiger partial charge is 0.308 e. The van der Waals surface area contributed by atoms with Gasteiger partial charge in [-0.1, -0.05) is 41.0 Å². The summed E-state index contributed by atoms with van der Waals surface area (Å²) in [7, 11) is 0. The van der Waals surface area contributed by atoms with Gasteiger partial charge in [-0.25, -0.2) is 0 Å². The zero-order valence-electron chi connectivity index (χ0n) is 13.1. The molecule has 0 heterocycles. The molecule has 0 saturated heterocycles. The van der Waals surface area contributed by atoms with Gasteiger partial charge in [-0.3, -0.25) is 0 Å². The van der Waals surface area contributed by atoms with E-state index in [1.54, 1.807) is 0 Å². The van der Waals surface area contributed by atoms with Crippen LogP contribution in [-0.2, 0) is 0 Å². The van der Waals surface area contributed by atoms with E-state index in [2.05, 4.69) is 53.8 Å². The second-order valence-corrected chi connectivity index (χ2v) is 8.18. The lowest BCUT2D eigenvalue weighted by atomic mass is 9.75. The van der Waals surface area contributed by atoms with Crippen LogP contribution in [0.25, 0.3) is 0 Å². The molecular formula is C16H33N. The van der Waals surface area contributed by atoms with Gasteiger partial charge in [0.25, 0.3) is 0 Å². The maximum atomic E-state index is 3.95. The first-order valence-corrected chi connectivity index (χ1v) is 7.38. The fourth-order valence-corrected chi connectivity index (χ4v) is 3.79. The minimum atomic E-state index is 0.253. The predicted octanol–water partition coefficient (Wildman–Crippen LogP) is 4.62. The lowest BCUT2D eigenvalue weighted by Gasteiger charge is -2.43. The van der Waals surface area contributed by atoms with Crippen LogP contribution in [0.1, 0.15) is 74.1 Å². The maximum Gasteiger partial charge on any atom is 0.0132 e. The Morgan fingerprint density at radius 3 is 1.82 bits per heavy atom. The molecule has 17 heavy (non-hydrogen) atoms. The highest BCUT2D eigenvalue weighted by Crippen LogP contribution is 2.33.